The fraction of sp³-hybridized carbons (Fsp3) is 0.286. The molecule has 0 bridgehead atoms. The molecule has 0 aliphatic carbocycles. The van der Waals surface area contributed by atoms with Gasteiger partial charge in [-0.25, -0.2) is 0 Å². The third-order valence-corrected chi connectivity index (χ3v) is 4.43. The summed E-state index contributed by atoms with van der Waals surface area (Å²) in [6.45, 7) is 3.34. The molecule has 3 rings (SSSR count). The number of carbonyl (C=O) groups is 1. The summed E-state index contributed by atoms with van der Waals surface area (Å²) >= 11 is 6.02. The molecule has 1 aromatic heterocycles. The van der Waals surface area contributed by atoms with Crippen LogP contribution in [0.25, 0.3) is 11.4 Å². The van der Waals surface area contributed by atoms with Crippen LogP contribution in [0.15, 0.2) is 53.1 Å². The Morgan fingerprint density at radius 1 is 1.24 bits per heavy atom. The number of anilines is 1. The van der Waals surface area contributed by atoms with E-state index in [0.29, 0.717) is 41.3 Å². The molecular formula is C21H23ClN4O3. The average molecular weight is 415 g/mol. The highest BCUT2D eigenvalue weighted by molar-refractivity contribution is 6.30. The molecule has 0 unspecified atom stereocenters. The molecule has 1 heterocycles. The SMILES string of the molecule is CCCN(CC(=O)Nc1ccccc1OC)Cc1nc(-c2cccc(Cl)c2)no1. The fourth-order valence-electron chi connectivity index (χ4n) is 2.93. The van der Waals surface area contributed by atoms with Gasteiger partial charge in [0, 0.05) is 10.6 Å². The average Bonchev–Trinajstić information content (AvgIpc) is 3.17. The first-order valence-corrected chi connectivity index (χ1v) is 9.70. The molecule has 8 heteroatoms. The van der Waals surface area contributed by atoms with Crippen LogP contribution in [0, 0.1) is 0 Å². The van der Waals surface area contributed by atoms with Crippen molar-refractivity contribution < 1.29 is 14.1 Å². The van der Waals surface area contributed by atoms with Gasteiger partial charge in [-0.15, -0.1) is 0 Å². The van der Waals surface area contributed by atoms with Crippen molar-refractivity contribution in [2.75, 3.05) is 25.5 Å². The Morgan fingerprint density at radius 3 is 2.83 bits per heavy atom. The van der Waals surface area contributed by atoms with Crippen LogP contribution in [0.5, 0.6) is 5.75 Å². The van der Waals surface area contributed by atoms with Gasteiger partial charge in [-0.2, -0.15) is 4.98 Å². The summed E-state index contributed by atoms with van der Waals surface area (Å²) in [5.41, 5.74) is 1.42. The molecule has 0 atom stereocenters. The van der Waals surface area contributed by atoms with Crippen LogP contribution >= 0.6 is 11.6 Å². The molecular weight excluding hydrogens is 392 g/mol. The van der Waals surface area contributed by atoms with Crippen LogP contribution < -0.4 is 10.1 Å². The number of amides is 1. The molecule has 0 spiro atoms. The van der Waals surface area contributed by atoms with E-state index in [4.69, 9.17) is 20.9 Å². The third-order valence-electron chi connectivity index (χ3n) is 4.20. The second kappa shape index (κ2) is 10.0. The van der Waals surface area contributed by atoms with Gasteiger partial charge in [-0.3, -0.25) is 9.69 Å². The third kappa shape index (κ3) is 5.79. The van der Waals surface area contributed by atoms with Crippen molar-refractivity contribution in [3.63, 3.8) is 0 Å². The number of ether oxygens (including phenoxy) is 1. The number of hydrogen-bond donors (Lipinski definition) is 1. The first kappa shape index (κ1) is 20.8. The Hall–Kier alpha value is -2.90. The molecule has 0 saturated heterocycles. The number of nitrogens with one attached hydrogen (secondary N) is 1. The maximum Gasteiger partial charge on any atom is 0.241 e. The number of nitrogens with zero attached hydrogens (tertiary/aromatic N) is 3. The summed E-state index contributed by atoms with van der Waals surface area (Å²) in [7, 11) is 1.57. The van der Waals surface area contributed by atoms with Gasteiger partial charge in [-0.1, -0.05) is 47.9 Å². The van der Waals surface area contributed by atoms with Crippen LogP contribution in [-0.4, -0.2) is 41.1 Å². The van der Waals surface area contributed by atoms with E-state index >= 15 is 0 Å². The molecule has 0 radical (unpaired) electrons. The first-order chi connectivity index (χ1) is 14.1. The quantitative estimate of drug-likeness (QED) is 0.563. The lowest BCUT2D eigenvalue weighted by Crippen LogP contribution is -2.33. The maximum atomic E-state index is 12.5. The van der Waals surface area contributed by atoms with Crippen molar-refractivity contribution in [2.24, 2.45) is 0 Å². The lowest BCUT2D eigenvalue weighted by atomic mass is 10.2. The highest BCUT2D eigenvalue weighted by Gasteiger charge is 2.16. The van der Waals surface area contributed by atoms with E-state index in [1.807, 2.05) is 29.2 Å². The molecule has 0 aliphatic heterocycles. The van der Waals surface area contributed by atoms with E-state index in [-0.39, 0.29) is 12.5 Å². The maximum absolute atomic E-state index is 12.5. The summed E-state index contributed by atoms with van der Waals surface area (Å²) in [5, 5.41) is 7.51. The Kier molecular flexibility index (Phi) is 7.21. The second-order valence-electron chi connectivity index (χ2n) is 6.48. The predicted molar refractivity (Wildman–Crippen MR) is 112 cm³/mol. The van der Waals surface area contributed by atoms with Gasteiger partial charge >= 0.3 is 0 Å². The number of hydrogen-bond acceptors (Lipinski definition) is 6. The molecule has 152 valence electrons. The van der Waals surface area contributed by atoms with Crippen molar-refractivity contribution in [3.8, 4) is 17.1 Å². The number of carbonyl (C=O) groups excluding carboxylic acids is 1. The first-order valence-electron chi connectivity index (χ1n) is 9.32. The van der Waals surface area contributed by atoms with Gasteiger partial charge in [0.15, 0.2) is 0 Å². The monoisotopic (exact) mass is 414 g/mol. The van der Waals surface area contributed by atoms with Gasteiger partial charge in [0.1, 0.15) is 5.75 Å². The number of halogens is 1. The van der Waals surface area contributed by atoms with E-state index in [1.54, 1.807) is 31.4 Å². The fourth-order valence-corrected chi connectivity index (χ4v) is 3.12. The van der Waals surface area contributed by atoms with E-state index < -0.39 is 0 Å². The lowest BCUT2D eigenvalue weighted by molar-refractivity contribution is -0.117. The minimum Gasteiger partial charge on any atom is -0.495 e. The zero-order valence-electron chi connectivity index (χ0n) is 16.4. The van der Waals surface area contributed by atoms with E-state index in [0.717, 1.165) is 12.0 Å². The molecule has 1 amide bonds. The smallest absolute Gasteiger partial charge is 0.241 e. The largest absolute Gasteiger partial charge is 0.495 e. The summed E-state index contributed by atoms with van der Waals surface area (Å²) in [4.78, 5) is 18.9. The van der Waals surface area contributed by atoms with Gasteiger partial charge in [-0.05, 0) is 37.2 Å². The summed E-state index contributed by atoms with van der Waals surface area (Å²) in [6, 6.07) is 14.6. The van der Waals surface area contributed by atoms with E-state index in [9.17, 15) is 4.79 Å². The number of benzene rings is 2. The zero-order chi connectivity index (χ0) is 20.6. The van der Waals surface area contributed by atoms with Gasteiger partial charge in [0.2, 0.25) is 17.6 Å². The number of para-hydroxylation sites is 2. The highest BCUT2D eigenvalue weighted by Crippen LogP contribution is 2.23. The zero-order valence-corrected chi connectivity index (χ0v) is 17.1. The summed E-state index contributed by atoms with van der Waals surface area (Å²) in [5.74, 6) is 1.39. The Bertz CT molecular complexity index is 960. The lowest BCUT2D eigenvalue weighted by Gasteiger charge is -2.19. The number of rotatable bonds is 9. The van der Waals surface area contributed by atoms with Crippen molar-refractivity contribution in [1.82, 2.24) is 15.0 Å². The van der Waals surface area contributed by atoms with Crippen molar-refractivity contribution >= 4 is 23.2 Å². The summed E-state index contributed by atoms with van der Waals surface area (Å²) in [6.07, 6.45) is 0.886. The van der Waals surface area contributed by atoms with E-state index in [2.05, 4.69) is 22.4 Å². The van der Waals surface area contributed by atoms with Gasteiger partial charge < -0.3 is 14.6 Å². The van der Waals surface area contributed by atoms with Crippen molar-refractivity contribution in [3.05, 3.63) is 59.4 Å². The molecule has 29 heavy (non-hydrogen) atoms. The van der Waals surface area contributed by atoms with Crippen LogP contribution in [0.1, 0.15) is 19.2 Å². The molecule has 0 aliphatic rings. The van der Waals surface area contributed by atoms with Crippen LogP contribution in [0.2, 0.25) is 5.02 Å². The predicted octanol–water partition coefficient (Wildman–Crippen LogP) is 4.25. The molecule has 0 saturated carbocycles. The standard InChI is InChI=1S/C21H23ClN4O3/c1-3-11-26(13-19(27)23-17-9-4-5-10-18(17)28-2)14-20-24-21(25-29-20)15-7-6-8-16(22)12-15/h4-10,12H,3,11,13-14H2,1-2H3,(H,23,27). The van der Waals surface area contributed by atoms with Gasteiger partial charge in [0.05, 0.1) is 25.9 Å². The van der Waals surface area contributed by atoms with Crippen molar-refractivity contribution in [2.45, 2.75) is 19.9 Å². The second-order valence-corrected chi connectivity index (χ2v) is 6.92. The summed E-state index contributed by atoms with van der Waals surface area (Å²) < 4.78 is 10.7. The molecule has 3 aromatic rings. The minimum atomic E-state index is -0.141. The molecule has 7 nitrogen and oxygen atoms in total. The van der Waals surface area contributed by atoms with E-state index in [1.165, 1.54) is 0 Å². The number of aromatic nitrogens is 2. The Morgan fingerprint density at radius 2 is 2.07 bits per heavy atom. The van der Waals surface area contributed by atoms with Gasteiger partial charge in [0.25, 0.3) is 0 Å². The topological polar surface area (TPSA) is 80.5 Å². The van der Waals surface area contributed by atoms with Crippen LogP contribution in [0.4, 0.5) is 5.69 Å². The normalized spacial score (nSPS) is 10.9. The molecule has 0 fully saturated rings. The minimum absolute atomic E-state index is 0.141. The molecule has 1 N–H and O–H groups in total. The Labute approximate surface area is 174 Å². The van der Waals surface area contributed by atoms with Crippen LogP contribution in [-0.2, 0) is 11.3 Å². The number of methoxy groups -OCH3 is 1. The molecule has 2 aromatic carbocycles. The highest BCUT2D eigenvalue weighted by atomic mass is 35.5. The van der Waals surface area contributed by atoms with Crippen molar-refractivity contribution in [1.29, 1.82) is 0 Å². The Balaban J connectivity index is 1.65. The van der Waals surface area contributed by atoms with Crippen LogP contribution in [0.3, 0.4) is 0 Å².